The van der Waals surface area contributed by atoms with Crippen molar-refractivity contribution >= 4 is 54.7 Å². The van der Waals surface area contributed by atoms with E-state index in [0.717, 1.165) is 26.8 Å². The summed E-state index contributed by atoms with van der Waals surface area (Å²) in [5.41, 5.74) is 8.35. The van der Waals surface area contributed by atoms with Gasteiger partial charge in [0.1, 0.15) is 0 Å². The maximum atomic E-state index is 15.9. The molecule has 4 aromatic heterocycles. The zero-order chi connectivity index (χ0) is 34.8. The second-order valence-corrected chi connectivity index (χ2v) is 16.0. The summed E-state index contributed by atoms with van der Waals surface area (Å²) in [5, 5.41) is 15.4. The Hall–Kier alpha value is -3.86. The number of rotatable bonds is 8. The fourth-order valence-corrected chi connectivity index (χ4v) is 8.98. The van der Waals surface area contributed by atoms with Crippen LogP contribution < -0.4 is 11.4 Å². The first-order valence-corrected chi connectivity index (χ1v) is 19.1. The van der Waals surface area contributed by atoms with Crippen LogP contribution in [0.1, 0.15) is 44.2 Å². The number of alkyl halides is 1. The molecule has 256 valence electrons. The number of fused-ring (bicyclic) bond motifs is 3. The number of nitrogens with two attached hydrogens (primary N) is 1. The molecule has 0 unspecified atom stereocenters. The van der Waals surface area contributed by atoms with Gasteiger partial charge in [0.2, 0.25) is 5.95 Å². The van der Waals surface area contributed by atoms with Gasteiger partial charge in [0.15, 0.2) is 5.65 Å². The Bertz CT molecular complexity index is 2380. The van der Waals surface area contributed by atoms with Crippen LogP contribution in [-0.2, 0) is 30.5 Å². The molecular weight excluding hydrogens is 760 g/mol. The van der Waals surface area contributed by atoms with Crippen LogP contribution in [0.2, 0.25) is 0 Å². The molecule has 14 heteroatoms. The van der Waals surface area contributed by atoms with E-state index < -0.39 is 33.7 Å². The summed E-state index contributed by atoms with van der Waals surface area (Å²) in [6.07, 6.45) is 5.14. The molecule has 49 heavy (non-hydrogen) atoms. The number of aryl methyl sites for hydroxylation is 3. The minimum atomic E-state index is -4.39. The molecule has 0 radical (unpaired) electrons. The van der Waals surface area contributed by atoms with Crippen molar-refractivity contribution in [1.82, 2.24) is 27.9 Å². The van der Waals surface area contributed by atoms with Gasteiger partial charge in [0.05, 0.1) is 44.9 Å². The summed E-state index contributed by atoms with van der Waals surface area (Å²) in [6, 6.07) is 15.3. The van der Waals surface area contributed by atoms with E-state index in [-0.39, 0.29) is 33.9 Å². The van der Waals surface area contributed by atoms with Crippen molar-refractivity contribution in [1.29, 1.82) is 0 Å². The summed E-state index contributed by atoms with van der Waals surface area (Å²) in [6.45, 7) is 1.80. The number of hydrogen-bond donors (Lipinski definition) is 2. The Labute approximate surface area is 296 Å². The van der Waals surface area contributed by atoms with E-state index in [9.17, 15) is 18.3 Å². The molecule has 0 amide bonds. The molecule has 1 saturated carbocycles. The third-order valence-corrected chi connectivity index (χ3v) is 12.3. The van der Waals surface area contributed by atoms with E-state index in [4.69, 9.17) is 10.7 Å². The van der Waals surface area contributed by atoms with E-state index in [0.29, 0.717) is 40.4 Å². The molecule has 4 heterocycles. The molecule has 1 fully saturated rings. The summed E-state index contributed by atoms with van der Waals surface area (Å²) in [5.74, 6) is -0.853. The number of halogens is 2. The number of imidazole rings is 1. The Morgan fingerprint density at radius 1 is 1.12 bits per heavy atom. The molecule has 0 saturated heterocycles. The van der Waals surface area contributed by atoms with Crippen molar-refractivity contribution in [2.75, 3.05) is 4.43 Å². The average Bonchev–Trinajstić information content (AvgIpc) is 3.69. The van der Waals surface area contributed by atoms with E-state index in [1.807, 2.05) is 24.3 Å². The predicted octanol–water partition coefficient (Wildman–Crippen LogP) is 5.30. The smallest absolute Gasteiger partial charge is 0.329 e. The van der Waals surface area contributed by atoms with Crippen molar-refractivity contribution in [3.63, 3.8) is 0 Å². The fraction of sp³-hybridized carbons (Fsp3) is 0.343. The maximum absolute atomic E-state index is 15.9. The Kier molecular flexibility index (Phi) is 8.56. The number of nitrogens with zero attached hydrogens (tertiary/aromatic N) is 6. The first kappa shape index (κ1) is 33.6. The van der Waals surface area contributed by atoms with Crippen LogP contribution in [0.5, 0.6) is 0 Å². The van der Waals surface area contributed by atoms with Crippen LogP contribution in [0.15, 0.2) is 76.7 Å². The fourth-order valence-electron chi connectivity index (χ4n) is 7.09. The summed E-state index contributed by atoms with van der Waals surface area (Å²) >= 11 is 2.34. The lowest BCUT2D eigenvalue weighted by Gasteiger charge is -2.39. The average molecular weight is 798 g/mol. The van der Waals surface area contributed by atoms with Gasteiger partial charge in [-0.25, -0.2) is 22.2 Å². The molecule has 0 aliphatic heterocycles. The molecule has 11 nitrogen and oxygen atoms in total. The number of aliphatic hydroxyl groups is 1. The molecule has 3 N–H and O–H groups in total. The number of aliphatic hydroxyl groups excluding tert-OH is 1. The Morgan fingerprint density at radius 2 is 1.84 bits per heavy atom. The van der Waals surface area contributed by atoms with Gasteiger partial charge < -0.3 is 10.8 Å². The number of benzene rings is 2. The van der Waals surface area contributed by atoms with Gasteiger partial charge in [-0.2, -0.15) is 4.39 Å². The highest BCUT2D eigenvalue weighted by molar-refractivity contribution is 14.1. The topological polar surface area (TPSA) is 143 Å². The third kappa shape index (κ3) is 5.52. The van der Waals surface area contributed by atoms with Crippen LogP contribution >= 0.6 is 22.6 Å². The minimum Gasteiger partial charge on any atom is -0.391 e. The Morgan fingerprint density at radius 3 is 2.47 bits per heavy atom. The van der Waals surface area contributed by atoms with E-state index >= 15 is 4.39 Å². The predicted molar refractivity (Wildman–Crippen MR) is 196 cm³/mol. The van der Waals surface area contributed by atoms with Crippen molar-refractivity contribution in [2.24, 2.45) is 19.8 Å². The number of hydrogen-bond acceptors (Lipinski definition) is 7. The van der Waals surface area contributed by atoms with E-state index in [1.165, 1.54) is 33.8 Å². The van der Waals surface area contributed by atoms with Crippen molar-refractivity contribution in [3.8, 4) is 22.4 Å². The van der Waals surface area contributed by atoms with Gasteiger partial charge in [-0.15, -0.1) is 5.10 Å². The number of pyridine rings is 1. The summed E-state index contributed by atoms with van der Waals surface area (Å²) in [7, 11) is -1.19. The van der Waals surface area contributed by atoms with Crippen molar-refractivity contribution < 1.29 is 17.9 Å². The highest BCUT2D eigenvalue weighted by Gasteiger charge is 2.39. The third-order valence-electron chi connectivity index (χ3n) is 9.79. The lowest BCUT2D eigenvalue weighted by molar-refractivity contribution is 0.0360. The van der Waals surface area contributed by atoms with Gasteiger partial charge in [0.25, 0.3) is 10.0 Å². The normalized spacial score (nSPS) is 20.1. The quantitative estimate of drug-likeness (QED) is 0.157. The molecule has 2 aromatic carbocycles. The molecule has 7 rings (SSSR count). The zero-order valence-electron chi connectivity index (χ0n) is 27.3. The SMILES string of the molecule is Cn1cc(-c2c(-c3ccc(CCCI)cc3)c3c(ncc4c3n([C@H]3CC[C@@](C)(N)[C@H](O)C3)c(=O)n4C)n2S(=O)(=O)c2ccccc2)c(F)n1. The standard InChI is InChI=1S/C35H37FIN7O4S/c1-35(38)16-15-23(18-27(35)45)43-31-26(42(3)34(43)46)19-39-33-29(31)28(22-13-11-21(12-14-22)8-7-17-37)30(25-20-41(2)40-32(25)36)44(33)49(47,48)24-9-5-4-6-10-24/h4-6,9-14,19-20,23,27,45H,7-8,15-18,38H2,1-3H3/t23-,27+,35+/m0/s1. The van der Waals surface area contributed by atoms with Crippen LogP contribution in [0, 0.1) is 5.95 Å². The first-order chi connectivity index (χ1) is 23.3. The zero-order valence-corrected chi connectivity index (χ0v) is 30.3. The molecule has 6 aromatic rings. The van der Waals surface area contributed by atoms with Gasteiger partial charge in [-0.3, -0.25) is 13.8 Å². The van der Waals surface area contributed by atoms with Crippen LogP contribution in [-0.4, -0.2) is 57.5 Å². The van der Waals surface area contributed by atoms with Gasteiger partial charge in [-0.05, 0) is 66.7 Å². The van der Waals surface area contributed by atoms with Crippen LogP contribution in [0.4, 0.5) is 4.39 Å². The highest BCUT2D eigenvalue weighted by Crippen LogP contribution is 2.46. The Balaban J connectivity index is 1.66. The summed E-state index contributed by atoms with van der Waals surface area (Å²) < 4.78 is 51.9. The lowest BCUT2D eigenvalue weighted by atomic mass is 9.79. The second-order valence-electron chi connectivity index (χ2n) is 13.2. The highest BCUT2D eigenvalue weighted by atomic mass is 127. The molecule has 0 bridgehead atoms. The molecule has 3 atom stereocenters. The van der Waals surface area contributed by atoms with Crippen molar-refractivity contribution in [3.05, 3.63) is 89.0 Å². The largest absolute Gasteiger partial charge is 0.391 e. The van der Waals surface area contributed by atoms with Crippen LogP contribution in [0.25, 0.3) is 44.5 Å². The van der Waals surface area contributed by atoms with Crippen LogP contribution in [0.3, 0.4) is 0 Å². The molecule has 1 aliphatic rings. The van der Waals surface area contributed by atoms with E-state index in [1.54, 1.807) is 43.8 Å². The molecule has 1 aliphatic carbocycles. The van der Waals surface area contributed by atoms with Gasteiger partial charge >= 0.3 is 5.69 Å². The first-order valence-electron chi connectivity index (χ1n) is 16.1. The number of aromatic nitrogens is 6. The van der Waals surface area contributed by atoms with E-state index in [2.05, 4.69) is 27.7 Å². The van der Waals surface area contributed by atoms with Gasteiger partial charge in [-0.1, -0.05) is 65.1 Å². The van der Waals surface area contributed by atoms with Gasteiger partial charge in [0, 0.05) is 37.4 Å². The monoisotopic (exact) mass is 797 g/mol. The molecule has 0 spiro atoms. The summed E-state index contributed by atoms with van der Waals surface area (Å²) in [4.78, 5) is 18.8. The minimum absolute atomic E-state index is 0.0110. The van der Waals surface area contributed by atoms with Crippen molar-refractivity contribution in [2.45, 2.75) is 61.6 Å². The molecular formula is C35H37FIN7O4S. The maximum Gasteiger partial charge on any atom is 0.329 e. The second kappa shape index (κ2) is 12.5. The lowest BCUT2D eigenvalue weighted by Crippen LogP contribution is -2.52.